The standard InChI is InChI=1S/C11H21N3O5S/c1-13-8-9(4-5-10(13)15)12-20(17,18)14(2)7-6-11(16)19-3/h9,12H,4-8H2,1-3H3. The number of nitrogens with one attached hydrogen (secondary N) is 1. The third-order valence-electron chi connectivity index (χ3n) is 3.21. The molecule has 0 aromatic carbocycles. The molecule has 1 heterocycles. The number of rotatable bonds is 6. The fourth-order valence-electron chi connectivity index (χ4n) is 1.88. The summed E-state index contributed by atoms with van der Waals surface area (Å²) in [5, 5.41) is 0. The lowest BCUT2D eigenvalue weighted by Crippen LogP contribution is -2.51. The van der Waals surface area contributed by atoms with Crippen molar-refractivity contribution < 1.29 is 22.7 Å². The van der Waals surface area contributed by atoms with Gasteiger partial charge in [0.2, 0.25) is 5.91 Å². The van der Waals surface area contributed by atoms with Crippen molar-refractivity contribution in [2.75, 3.05) is 34.3 Å². The number of methoxy groups -OCH3 is 1. The van der Waals surface area contributed by atoms with Gasteiger partial charge in [0.15, 0.2) is 0 Å². The Morgan fingerprint density at radius 1 is 1.55 bits per heavy atom. The number of carbonyl (C=O) groups is 2. The number of ether oxygens (including phenoxy) is 1. The molecule has 0 aliphatic carbocycles. The van der Waals surface area contributed by atoms with Crippen molar-refractivity contribution >= 4 is 22.1 Å². The van der Waals surface area contributed by atoms with E-state index < -0.39 is 16.2 Å². The fraction of sp³-hybridized carbons (Fsp3) is 0.818. The van der Waals surface area contributed by atoms with Gasteiger partial charge in [0.25, 0.3) is 10.2 Å². The zero-order chi connectivity index (χ0) is 15.3. The first-order chi connectivity index (χ1) is 9.26. The molecule has 0 aromatic rings. The second kappa shape index (κ2) is 7.00. The molecule has 0 bridgehead atoms. The Morgan fingerprint density at radius 2 is 2.20 bits per heavy atom. The van der Waals surface area contributed by atoms with Crippen molar-refractivity contribution in [3.8, 4) is 0 Å². The number of likely N-dealkylation sites (N-methyl/N-ethyl adjacent to an activating group) is 1. The van der Waals surface area contributed by atoms with Gasteiger partial charge in [0.1, 0.15) is 0 Å². The summed E-state index contributed by atoms with van der Waals surface area (Å²) in [4.78, 5) is 23.8. The van der Waals surface area contributed by atoms with E-state index in [1.54, 1.807) is 7.05 Å². The number of piperidine rings is 1. The summed E-state index contributed by atoms with van der Waals surface area (Å²) in [6.45, 7) is 0.395. The highest BCUT2D eigenvalue weighted by Gasteiger charge is 2.28. The lowest BCUT2D eigenvalue weighted by molar-refractivity contribution is -0.140. The number of hydrogen-bond donors (Lipinski definition) is 1. The smallest absolute Gasteiger partial charge is 0.306 e. The molecule has 20 heavy (non-hydrogen) atoms. The predicted molar refractivity (Wildman–Crippen MR) is 72.0 cm³/mol. The van der Waals surface area contributed by atoms with E-state index in [0.29, 0.717) is 19.4 Å². The highest BCUT2D eigenvalue weighted by atomic mass is 32.2. The number of likely N-dealkylation sites (tertiary alicyclic amines) is 1. The summed E-state index contributed by atoms with van der Waals surface area (Å²) in [6, 6.07) is -0.303. The van der Waals surface area contributed by atoms with Gasteiger partial charge in [-0.1, -0.05) is 0 Å². The SMILES string of the molecule is COC(=O)CCN(C)S(=O)(=O)NC1CCC(=O)N(C)C1. The highest BCUT2D eigenvalue weighted by molar-refractivity contribution is 7.87. The van der Waals surface area contributed by atoms with Crippen molar-refractivity contribution in [1.82, 2.24) is 13.9 Å². The van der Waals surface area contributed by atoms with Gasteiger partial charge >= 0.3 is 5.97 Å². The summed E-state index contributed by atoms with van der Waals surface area (Å²) >= 11 is 0. The van der Waals surface area contributed by atoms with E-state index in [0.717, 1.165) is 4.31 Å². The molecule has 0 aromatic heterocycles. The average molecular weight is 307 g/mol. The van der Waals surface area contributed by atoms with Crippen molar-refractivity contribution in [2.24, 2.45) is 0 Å². The Bertz CT molecular complexity index is 465. The zero-order valence-electron chi connectivity index (χ0n) is 12.0. The Kier molecular flexibility index (Phi) is 5.90. The van der Waals surface area contributed by atoms with Crippen LogP contribution in [0.3, 0.4) is 0 Å². The van der Waals surface area contributed by atoms with Gasteiger partial charge in [-0.15, -0.1) is 0 Å². The van der Waals surface area contributed by atoms with E-state index in [1.807, 2.05) is 0 Å². The number of amides is 1. The maximum Gasteiger partial charge on any atom is 0.306 e. The summed E-state index contributed by atoms with van der Waals surface area (Å²) in [7, 11) is 0.621. The van der Waals surface area contributed by atoms with Crippen LogP contribution in [-0.2, 0) is 24.5 Å². The molecule has 1 fully saturated rings. The minimum atomic E-state index is -3.67. The first-order valence-corrected chi connectivity index (χ1v) is 7.74. The van der Waals surface area contributed by atoms with Crippen molar-refractivity contribution in [3.05, 3.63) is 0 Å². The van der Waals surface area contributed by atoms with Gasteiger partial charge in [0, 0.05) is 39.6 Å². The lowest BCUT2D eigenvalue weighted by atomic mass is 10.1. The highest BCUT2D eigenvalue weighted by Crippen LogP contribution is 2.11. The second-order valence-electron chi connectivity index (χ2n) is 4.78. The first-order valence-electron chi connectivity index (χ1n) is 6.30. The molecule has 8 nitrogen and oxygen atoms in total. The van der Waals surface area contributed by atoms with Crippen LogP contribution in [0.15, 0.2) is 0 Å². The summed E-state index contributed by atoms with van der Waals surface area (Å²) in [5.41, 5.74) is 0. The number of hydrogen-bond acceptors (Lipinski definition) is 5. The molecule has 1 unspecified atom stereocenters. The van der Waals surface area contributed by atoms with Crippen LogP contribution >= 0.6 is 0 Å². The summed E-state index contributed by atoms with van der Waals surface area (Å²) in [5.74, 6) is -0.449. The molecule has 1 N–H and O–H groups in total. The van der Waals surface area contributed by atoms with Gasteiger partial charge in [-0.05, 0) is 6.42 Å². The molecule has 0 radical (unpaired) electrons. The first kappa shape index (κ1) is 16.9. The molecule has 1 aliphatic rings. The second-order valence-corrected chi connectivity index (χ2v) is 6.59. The van der Waals surface area contributed by atoms with E-state index in [9.17, 15) is 18.0 Å². The Hall–Kier alpha value is -1.19. The molecule has 116 valence electrons. The normalized spacial score (nSPS) is 20.3. The van der Waals surface area contributed by atoms with Gasteiger partial charge < -0.3 is 9.64 Å². The Labute approximate surface area is 119 Å². The maximum absolute atomic E-state index is 12.0. The molecule has 1 saturated heterocycles. The van der Waals surface area contributed by atoms with Gasteiger partial charge in [0.05, 0.1) is 13.5 Å². The van der Waals surface area contributed by atoms with E-state index >= 15 is 0 Å². The van der Waals surface area contributed by atoms with Crippen LogP contribution in [0, 0.1) is 0 Å². The van der Waals surface area contributed by atoms with Crippen LogP contribution in [0.2, 0.25) is 0 Å². The van der Waals surface area contributed by atoms with Crippen LogP contribution in [0.25, 0.3) is 0 Å². The predicted octanol–water partition coefficient (Wildman–Crippen LogP) is -1.06. The minimum absolute atomic E-state index is 0.00301. The van der Waals surface area contributed by atoms with Crippen LogP contribution in [0.5, 0.6) is 0 Å². The van der Waals surface area contributed by atoms with E-state index in [2.05, 4.69) is 9.46 Å². The van der Waals surface area contributed by atoms with Gasteiger partial charge in [-0.3, -0.25) is 9.59 Å². The Balaban J connectivity index is 2.52. The quantitative estimate of drug-likeness (QED) is 0.631. The third kappa shape index (κ3) is 4.73. The average Bonchev–Trinajstić information content (AvgIpc) is 2.39. The van der Waals surface area contributed by atoms with Crippen LogP contribution < -0.4 is 4.72 Å². The van der Waals surface area contributed by atoms with Crippen molar-refractivity contribution in [2.45, 2.75) is 25.3 Å². The maximum atomic E-state index is 12.0. The molecular formula is C11H21N3O5S. The molecule has 0 spiro atoms. The summed E-state index contributed by atoms with van der Waals surface area (Å²) in [6.07, 6.45) is 0.805. The largest absolute Gasteiger partial charge is 0.469 e. The monoisotopic (exact) mass is 307 g/mol. The number of nitrogens with zero attached hydrogens (tertiary/aromatic N) is 2. The zero-order valence-corrected chi connectivity index (χ0v) is 12.8. The Morgan fingerprint density at radius 3 is 2.75 bits per heavy atom. The van der Waals surface area contributed by atoms with Gasteiger partial charge in [-0.2, -0.15) is 17.4 Å². The molecule has 1 aliphatic heterocycles. The van der Waals surface area contributed by atoms with Crippen LogP contribution in [0.4, 0.5) is 0 Å². The molecule has 9 heteroatoms. The van der Waals surface area contributed by atoms with Gasteiger partial charge in [-0.25, -0.2) is 0 Å². The van der Waals surface area contributed by atoms with Crippen LogP contribution in [0.1, 0.15) is 19.3 Å². The molecule has 0 saturated carbocycles. The van der Waals surface area contributed by atoms with E-state index in [4.69, 9.17) is 0 Å². The number of esters is 1. The fourth-order valence-corrected chi connectivity index (χ4v) is 3.01. The topological polar surface area (TPSA) is 96.0 Å². The molecule has 1 amide bonds. The number of carbonyl (C=O) groups excluding carboxylic acids is 2. The van der Waals surface area contributed by atoms with Crippen molar-refractivity contribution in [1.29, 1.82) is 0 Å². The minimum Gasteiger partial charge on any atom is -0.469 e. The van der Waals surface area contributed by atoms with Crippen molar-refractivity contribution in [3.63, 3.8) is 0 Å². The molecular weight excluding hydrogens is 286 g/mol. The lowest BCUT2D eigenvalue weighted by Gasteiger charge is -2.31. The van der Waals surface area contributed by atoms with E-state index in [-0.39, 0.29) is 24.9 Å². The summed E-state index contributed by atoms with van der Waals surface area (Å²) < 4.78 is 32.2. The van der Waals surface area contributed by atoms with Crippen LogP contribution in [-0.4, -0.2) is 69.8 Å². The molecule has 1 rings (SSSR count). The van der Waals surface area contributed by atoms with E-state index in [1.165, 1.54) is 19.1 Å². The molecule has 1 atom stereocenters. The third-order valence-corrected chi connectivity index (χ3v) is 4.85.